The number of aryl methyl sites for hydroxylation is 2. The van der Waals surface area contributed by atoms with Gasteiger partial charge < -0.3 is 9.47 Å². The molecule has 0 aliphatic carbocycles. The van der Waals surface area contributed by atoms with Crippen molar-refractivity contribution >= 4 is 17.3 Å². The van der Waals surface area contributed by atoms with Gasteiger partial charge >= 0.3 is 5.97 Å². The molecule has 0 saturated heterocycles. The molecule has 0 spiro atoms. The van der Waals surface area contributed by atoms with E-state index in [9.17, 15) is 10.1 Å². The molecule has 1 heterocycles. The Hall–Kier alpha value is -3.07. The van der Waals surface area contributed by atoms with Gasteiger partial charge in [0.2, 0.25) is 6.29 Å². The number of rotatable bonds is 8. The Balaban J connectivity index is 2.53. The van der Waals surface area contributed by atoms with E-state index in [1.807, 2.05) is 58.0 Å². The lowest BCUT2D eigenvalue weighted by Crippen LogP contribution is -2.20. The van der Waals surface area contributed by atoms with Crippen molar-refractivity contribution < 1.29 is 14.3 Å². The van der Waals surface area contributed by atoms with Gasteiger partial charge in [-0.15, -0.1) is 0 Å². The molecule has 32 heavy (non-hydrogen) atoms. The highest BCUT2D eigenvalue weighted by atomic mass is 16.7. The highest BCUT2D eigenvalue weighted by Gasteiger charge is 2.23. The fraction of sp³-hybridized carbons (Fsp3) is 0.500. The van der Waals surface area contributed by atoms with Crippen molar-refractivity contribution in [2.24, 2.45) is 5.92 Å². The van der Waals surface area contributed by atoms with E-state index in [2.05, 4.69) is 31.9 Å². The Morgan fingerprint density at radius 2 is 1.78 bits per heavy atom. The van der Waals surface area contributed by atoms with Crippen LogP contribution in [0.2, 0.25) is 0 Å². The lowest BCUT2D eigenvalue weighted by atomic mass is 9.86. The average molecular weight is 438 g/mol. The van der Waals surface area contributed by atoms with Gasteiger partial charge in [0, 0.05) is 19.9 Å². The molecule has 0 radical (unpaired) electrons. The maximum atomic E-state index is 12.1. The number of carbonyl (C=O) groups is 1. The van der Waals surface area contributed by atoms with Crippen molar-refractivity contribution in [3.05, 3.63) is 52.8 Å². The standard InChI is InChI=1S/C26H35N3O3/c1-9-29-23(15-18(4)28-29)25(32-19(5)31-24(30)14-17(2)3)22(16-27)20-10-12-21(13-11-20)26(6,7)8/h10-13,15,17,19H,9,14H2,1-8H3/b25-22-. The molecule has 0 aliphatic heterocycles. The summed E-state index contributed by atoms with van der Waals surface area (Å²) >= 11 is 0. The average Bonchev–Trinajstić information content (AvgIpc) is 3.07. The Bertz CT molecular complexity index is 1000. The summed E-state index contributed by atoms with van der Waals surface area (Å²) in [6, 6.07) is 12.1. The smallest absolute Gasteiger partial charge is 0.309 e. The van der Waals surface area contributed by atoms with Crippen LogP contribution in [0.3, 0.4) is 0 Å². The Morgan fingerprint density at radius 3 is 2.28 bits per heavy atom. The number of allylic oxidation sites excluding steroid dienone is 1. The molecule has 1 aromatic carbocycles. The van der Waals surface area contributed by atoms with Crippen LogP contribution in [-0.2, 0) is 26.2 Å². The van der Waals surface area contributed by atoms with E-state index in [-0.39, 0.29) is 17.3 Å². The minimum atomic E-state index is -0.853. The zero-order valence-corrected chi connectivity index (χ0v) is 20.5. The first-order valence-electron chi connectivity index (χ1n) is 11.1. The number of ether oxygens (including phenoxy) is 2. The second-order valence-electron chi connectivity index (χ2n) is 9.40. The molecule has 1 aromatic heterocycles. The molecule has 2 rings (SSSR count). The van der Waals surface area contributed by atoms with Crippen LogP contribution < -0.4 is 0 Å². The lowest BCUT2D eigenvalue weighted by molar-refractivity contribution is -0.165. The monoisotopic (exact) mass is 437 g/mol. The first kappa shape index (κ1) is 25.2. The first-order chi connectivity index (χ1) is 15.0. The normalized spacial score (nSPS) is 13.4. The van der Waals surface area contributed by atoms with Gasteiger partial charge in [-0.3, -0.25) is 9.48 Å². The second kappa shape index (κ2) is 10.5. The maximum absolute atomic E-state index is 12.1. The quantitative estimate of drug-likeness (QED) is 0.224. The van der Waals surface area contributed by atoms with Gasteiger partial charge in [-0.25, -0.2) is 0 Å². The summed E-state index contributed by atoms with van der Waals surface area (Å²) < 4.78 is 13.3. The summed E-state index contributed by atoms with van der Waals surface area (Å²) in [6.07, 6.45) is -0.549. The van der Waals surface area contributed by atoms with Crippen molar-refractivity contribution in [3.63, 3.8) is 0 Å². The van der Waals surface area contributed by atoms with Gasteiger partial charge in [-0.1, -0.05) is 58.9 Å². The number of hydrogen-bond acceptors (Lipinski definition) is 5. The van der Waals surface area contributed by atoms with Crippen molar-refractivity contribution in [1.29, 1.82) is 5.26 Å². The van der Waals surface area contributed by atoms with Crippen molar-refractivity contribution in [3.8, 4) is 6.07 Å². The van der Waals surface area contributed by atoms with Crippen LogP contribution in [0.15, 0.2) is 30.3 Å². The highest BCUT2D eigenvalue weighted by Crippen LogP contribution is 2.31. The molecule has 0 bridgehead atoms. The molecule has 6 heteroatoms. The molecular formula is C26H35N3O3. The van der Waals surface area contributed by atoms with Crippen LogP contribution in [0.25, 0.3) is 11.3 Å². The summed E-state index contributed by atoms with van der Waals surface area (Å²) in [5, 5.41) is 14.6. The SMILES string of the molecule is CCn1nc(C)cc1/C(OC(C)OC(=O)CC(C)C)=C(\C#N)c1ccc(C(C)(C)C)cc1. The van der Waals surface area contributed by atoms with Crippen LogP contribution in [0, 0.1) is 24.2 Å². The van der Waals surface area contributed by atoms with Crippen LogP contribution in [0.4, 0.5) is 0 Å². The molecule has 0 aliphatic rings. The first-order valence-corrected chi connectivity index (χ1v) is 11.1. The number of carbonyl (C=O) groups excluding carboxylic acids is 1. The van der Waals surface area contributed by atoms with Crippen LogP contribution in [-0.4, -0.2) is 22.0 Å². The van der Waals surface area contributed by atoms with Crippen LogP contribution in [0.1, 0.15) is 77.4 Å². The predicted octanol–water partition coefficient (Wildman–Crippen LogP) is 5.85. The van der Waals surface area contributed by atoms with E-state index in [4.69, 9.17) is 9.47 Å². The van der Waals surface area contributed by atoms with E-state index in [1.54, 1.807) is 11.6 Å². The number of esters is 1. The minimum absolute atomic E-state index is 0.00541. The third-order valence-electron chi connectivity index (χ3n) is 4.97. The molecule has 0 saturated carbocycles. The van der Waals surface area contributed by atoms with E-state index in [0.717, 1.165) is 11.3 Å². The Kier molecular flexibility index (Phi) is 8.26. The molecule has 6 nitrogen and oxygen atoms in total. The molecule has 0 N–H and O–H groups in total. The molecule has 0 fully saturated rings. The highest BCUT2D eigenvalue weighted by molar-refractivity contribution is 5.94. The Morgan fingerprint density at radius 1 is 1.16 bits per heavy atom. The van der Waals surface area contributed by atoms with Gasteiger partial charge in [0.05, 0.1) is 5.69 Å². The van der Waals surface area contributed by atoms with Crippen molar-refractivity contribution in [1.82, 2.24) is 9.78 Å². The number of hydrogen-bond donors (Lipinski definition) is 0. The van der Waals surface area contributed by atoms with Crippen LogP contribution in [0.5, 0.6) is 0 Å². The Labute approximate surface area is 191 Å². The minimum Gasteiger partial charge on any atom is -0.451 e. The summed E-state index contributed by atoms with van der Waals surface area (Å²) in [4.78, 5) is 12.1. The van der Waals surface area contributed by atoms with Crippen molar-refractivity contribution in [2.45, 2.75) is 80.1 Å². The van der Waals surface area contributed by atoms with E-state index in [1.165, 1.54) is 5.56 Å². The van der Waals surface area contributed by atoms with Gasteiger partial charge in [0.15, 0.2) is 5.76 Å². The molecule has 0 amide bonds. The van der Waals surface area contributed by atoms with Crippen LogP contribution >= 0.6 is 0 Å². The summed E-state index contributed by atoms with van der Waals surface area (Å²) in [5.41, 5.74) is 3.77. The topological polar surface area (TPSA) is 77.1 Å². The number of aromatic nitrogens is 2. The fourth-order valence-corrected chi connectivity index (χ4v) is 3.36. The van der Waals surface area contributed by atoms with Gasteiger partial charge in [0.1, 0.15) is 17.3 Å². The zero-order chi connectivity index (χ0) is 24.1. The fourth-order valence-electron chi connectivity index (χ4n) is 3.36. The summed E-state index contributed by atoms with van der Waals surface area (Å²) in [5.74, 6) is 0.202. The van der Waals surface area contributed by atoms with E-state index < -0.39 is 6.29 Å². The second-order valence-corrected chi connectivity index (χ2v) is 9.40. The molecule has 1 atom stereocenters. The van der Waals surface area contributed by atoms with Gasteiger partial charge in [0.25, 0.3) is 0 Å². The van der Waals surface area contributed by atoms with Crippen molar-refractivity contribution in [2.75, 3.05) is 0 Å². The number of nitriles is 1. The summed E-state index contributed by atoms with van der Waals surface area (Å²) in [6.45, 7) is 16.5. The van der Waals surface area contributed by atoms with E-state index in [0.29, 0.717) is 30.0 Å². The molecule has 1 unspecified atom stereocenters. The number of benzene rings is 1. The lowest BCUT2D eigenvalue weighted by Gasteiger charge is -2.21. The number of nitrogens with zero attached hydrogens (tertiary/aromatic N) is 3. The third-order valence-corrected chi connectivity index (χ3v) is 4.97. The van der Waals surface area contributed by atoms with E-state index >= 15 is 0 Å². The maximum Gasteiger partial charge on any atom is 0.309 e. The largest absolute Gasteiger partial charge is 0.451 e. The zero-order valence-electron chi connectivity index (χ0n) is 20.5. The molecule has 2 aromatic rings. The molecular weight excluding hydrogens is 402 g/mol. The predicted molar refractivity (Wildman–Crippen MR) is 126 cm³/mol. The molecule has 172 valence electrons. The summed E-state index contributed by atoms with van der Waals surface area (Å²) in [7, 11) is 0. The van der Waals surface area contributed by atoms with Gasteiger partial charge in [-0.2, -0.15) is 10.4 Å². The third kappa shape index (κ3) is 6.46. The van der Waals surface area contributed by atoms with Gasteiger partial charge in [-0.05, 0) is 42.4 Å².